The monoisotopic (exact) mass is 470 g/mol. The van der Waals surface area contributed by atoms with Gasteiger partial charge < -0.3 is 20.4 Å². The lowest BCUT2D eigenvalue weighted by atomic mass is 10.1. The lowest BCUT2D eigenvalue weighted by molar-refractivity contribution is -0.135. The van der Waals surface area contributed by atoms with Crippen molar-refractivity contribution in [2.75, 3.05) is 39.5 Å². The van der Waals surface area contributed by atoms with Crippen LogP contribution >= 0.6 is 0 Å². The third-order valence-corrected chi connectivity index (χ3v) is 5.37. The normalized spacial score (nSPS) is 12.1. The Labute approximate surface area is 201 Å². The van der Waals surface area contributed by atoms with Crippen LogP contribution in [-0.4, -0.2) is 71.9 Å². The fraction of sp³-hybridized carbons (Fsp3) is 0.440. The number of halogens is 1. The zero-order valence-electron chi connectivity index (χ0n) is 20.9. The summed E-state index contributed by atoms with van der Waals surface area (Å²) < 4.78 is 14.2. The maximum Gasteiger partial charge on any atom is 0.246 e. The summed E-state index contributed by atoms with van der Waals surface area (Å²) in [6, 6.07) is 4.01. The van der Waals surface area contributed by atoms with Crippen LogP contribution in [0.1, 0.15) is 30.8 Å². The molecule has 0 spiro atoms. The maximum absolute atomic E-state index is 14.2. The van der Waals surface area contributed by atoms with Gasteiger partial charge in [0, 0.05) is 31.9 Å². The van der Waals surface area contributed by atoms with Gasteiger partial charge in [0.05, 0.1) is 17.6 Å². The number of carbonyl (C=O) groups is 2. The van der Waals surface area contributed by atoms with Crippen molar-refractivity contribution in [2.45, 2.75) is 39.7 Å². The van der Waals surface area contributed by atoms with Crippen molar-refractivity contribution in [2.24, 2.45) is 0 Å². The standard InChI is InChI=1S/C25H35FN6O2/c1-7-22-17(2)29-23(16-28-22)30-21-14-19(13-20(26)15-21)10-11-27-25(34)18(3)32(6)24(33)9-8-12-31(4)5/h8-9,13-16,18H,7,10-12H2,1-6H3,(H,27,34)(H,29,30)/b9-8+. The Morgan fingerprint density at radius 3 is 2.59 bits per heavy atom. The van der Waals surface area contributed by atoms with Crippen LogP contribution in [0.3, 0.4) is 0 Å². The highest BCUT2D eigenvalue weighted by Crippen LogP contribution is 2.19. The van der Waals surface area contributed by atoms with Crippen LogP contribution in [0, 0.1) is 12.7 Å². The van der Waals surface area contributed by atoms with Crippen LogP contribution < -0.4 is 10.6 Å². The van der Waals surface area contributed by atoms with Gasteiger partial charge in [-0.15, -0.1) is 0 Å². The number of amides is 2. The number of rotatable bonds is 11. The molecule has 2 aromatic rings. The summed E-state index contributed by atoms with van der Waals surface area (Å²) >= 11 is 0. The van der Waals surface area contributed by atoms with E-state index in [9.17, 15) is 14.0 Å². The van der Waals surface area contributed by atoms with Crippen molar-refractivity contribution in [1.82, 2.24) is 25.1 Å². The van der Waals surface area contributed by atoms with Gasteiger partial charge >= 0.3 is 0 Å². The van der Waals surface area contributed by atoms with Crippen molar-refractivity contribution < 1.29 is 14.0 Å². The van der Waals surface area contributed by atoms with Gasteiger partial charge in [-0.05, 0) is 64.5 Å². The number of nitrogens with zero attached hydrogens (tertiary/aromatic N) is 4. The van der Waals surface area contributed by atoms with Gasteiger partial charge in [0.1, 0.15) is 17.7 Å². The summed E-state index contributed by atoms with van der Waals surface area (Å²) in [7, 11) is 5.41. The molecule has 1 aromatic carbocycles. The second kappa shape index (κ2) is 12.8. The van der Waals surface area contributed by atoms with Gasteiger partial charge in [-0.25, -0.2) is 9.37 Å². The molecular weight excluding hydrogens is 435 g/mol. The first-order valence-electron chi connectivity index (χ1n) is 11.4. The summed E-state index contributed by atoms with van der Waals surface area (Å²) in [5.41, 5.74) is 3.04. The van der Waals surface area contributed by atoms with E-state index in [0.29, 0.717) is 31.0 Å². The lowest BCUT2D eigenvalue weighted by Gasteiger charge is -2.23. The van der Waals surface area contributed by atoms with Gasteiger partial charge in [-0.1, -0.05) is 13.0 Å². The molecule has 2 N–H and O–H groups in total. The van der Waals surface area contributed by atoms with E-state index in [1.165, 1.54) is 23.1 Å². The molecule has 0 fully saturated rings. The number of hydrogen-bond donors (Lipinski definition) is 2. The number of anilines is 2. The van der Waals surface area contributed by atoms with Gasteiger partial charge in [0.15, 0.2) is 0 Å². The number of aryl methyl sites for hydroxylation is 2. The Morgan fingerprint density at radius 1 is 1.21 bits per heavy atom. The lowest BCUT2D eigenvalue weighted by Crippen LogP contribution is -2.45. The minimum absolute atomic E-state index is 0.240. The Morgan fingerprint density at radius 2 is 1.94 bits per heavy atom. The van der Waals surface area contributed by atoms with E-state index in [1.807, 2.05) is 38.9 Å². The number of hydrogen-bond acceptors (Lipinski definition) is 6. The molecule has 2 rings (SSSR count). The molecule has 1 atom stereocenters. The minimum atomic E-state index is -0.630. The number of nitrogens with one attached hydrogen (secondary N) is 2. The first-order chi connectivity index (χ1) is 16.1. The number of aromatic nitrogens is 2. The molecular formula is C25H35FN6O2. The highest BCUT2D eigenvalue weighted by molar-refractivity contribution is 5.92. The van der Waals surface area contributed by atoms with Crippen LogP contribution in [-0.2, 0) is 22.4 Å². The van der Waals surface area contributed by atoms with Crippen LogP contribution in [0.2, 0.25) is 0 Å². The van der Waals surface area contributed by atoms with E-state index in [4.69, 9.17) is 0 Å². The average Bonchev–Trinajstić information content (AvgIpc) is 2.77. The predicted molar refractivity (Wildman–Crippen MR) is 132 cm³/mol. The number of benzene rings is 1. The first kappa shape index (κ1) is 26.9. The molecule has 0 radical (unpaired) electrons. The van der Waals surface area contributed by atoms with Gasteiger partial charge in [0.2, 0.25) is 11.8 Å². The van der Waals surface area contributed by atoms with E-state index in [2.05, 4.69) is 20.6 Å². The van der Waals surface area contributed by atoms with Crippen LogP contribution in [0.4, 0.5) is 15.9 Å². The largest absolute Gasteiger partial charge is 0.354 e. The average molecular weight is 471 g/mol. The van der Waals surface area contributed by atoms with Crippen molar-refractivity contribution in [3.63, 3.8) is 0 Å². The van der Waals surface area contributed by atoms with E-state index >= 15 is 0 Å². The van der Waals surface area contributed by atoms with E-state index < -0.39 is 6.04 Å². The second-order valence-corrected chi connectivity index (χ2v) is 8.44. The van der Waals surface area contributed by atoms with Crippen LogP contribution in [0.5, 0.6) is 0 Å². The van der Waals surface area contributed by atoms with E-state index in [0.717, 1.165) is 23.4 Å². The predicted octanol–water partition coefficient (Wildman–Crippen LogP) is 2.85. The third kappa shape index (κ3) is 8.22. The Hall–Kier alpha value is -3.33. The highest BCUT2D eigenvalue weighted by Gasteiger charge is 2.20. The molecule has 8 nitrogen and oxygen atoms in total. The zero-order chi connectivity index (χ0) is 25.3. The summed E-state index contributed by atoms with van der Waals surface area (Å²) in [5.74, 6) is -0.353. The van der Waals surface area contributed by atoms with E-state index in [-0.39, 0.29) is 17.6 Å². The second-order valence-electron chi connectivity index (χ2n) is 8.44. The van der Waals surface area contributed by atoms with Gasteiger partial charge in [-0.2, -0.15) is 0 Å². The van der Waals surface area contributed by atoms with Gasteiger partial charge in [-0.3, -0.25) is 14.6 Å². The van der Waals surface area contributed by atoms with Crippen molar-refractivity contribution >= 4 is 23.3 Å². The summed E-state index contributed by atoms with van der Waals surface area (Å²) in [5, 5.41) is 5.91. The molecule has 0 aliphatic carbocycles. The summed E-state index contributed by atoms with van der Waals surface area (Å²) in [6.07, 6.45) is 6.08. The Kier molecular flexibility index (Phi) is 10.1. The number of likely N-dealkylation sites (N-methyl/N-ethyl adjacent to an activating group) is 2. The molecule has 0 aliphatic heterocycles. The van der Waals surface area contributed by atoms with Crippen molar-refractivity contribution in [3.05, 3.63) is 59.3 Å². The molecule has 0 aliphatic rings. The molecule has 1 unspecified atom stereocenters. The highest BCUT2D eigenvalue weighted by atomic mass is 19.1. The molecule has 0 saturated heterocycles. The first-order valence-corrected chi connectivity index (χ1v) is 11.4. The molecule has 1 heterocycles. The molecule has 184 valence electrons. The van der Waals surface area contributed by atoms with Crippen LogP contribution in [0.15, 0.2) is 36.5 Å². The maximum atomic E-state index is 14.2. The summed E-state index contributed by atoms with van der Waals surface area (Å²) in [4.78, 5) is 36.9. The third-order valence-electron chi connectivity index (χ3n) is 5.37. The fourth-order valence-electron chi connectivity index (χ4n) is 3.26. The van der Waals surface area contributed by atoms with Crippen LogP contribution in [0.25, 0.3) is 0 Å². The Balaban J connectivity index is 1.92. The molecule has 0 saturated carbocycles. The quantitative estimate of drug-likeness (QED) is 0.491. The Bertz CT molecular complexity index is 1020. The topological polar surface area (TPSA) is 90.5 Å². The summed E-state index contributed by atoms with van der Waals surface area (Å²) in [6.45, 7) is 6.53. The molecule has 2 amide bonds. The van der Waals surface area contributed by atoms with Crippen molar-refractivity contribution in [3.8, 4) is 0 Å². The molecule has 9 heteroatoms. The van der Waals surface area contributed by atoms with Gasteiger partial charge in [0.25, 0.3) is 0 Å². The van der Waals surface area contributed by atoms with E-state index in [1.54, 1.807) is 26.2 Å². The minimum Gasteiger partial charge on any atom is -0.354 e. The zero-order valence-corrected chi connectivity index (χ0v) is 20.9. The smallest absolute Gasteiger partial charge is 0.246 e. The molecule has 1 aromatic heterocycles. The number of carbonyl (C=O) groups excluding carboxylic acids is 2. The molecule has 34 heavy (non-hydrogen) atoms. The fourth-order valence-corrected chi connectivity index (χ4v) is 3.26. The SMILES string of the molecule is CCc1ncc(Nc2cc(F)cc(CCNC(=O)C(C)N(C)C(=O)/C=C/CN(C)C)c2)nc1C. The van der Waals surface area contributed by atoms with Crippen molar-refractivity contribution in [1.29, 1.82) is 0 Å². The molecule has 0 bridgehead atoms.